The zero-order chi connectivity index (χ0) is 13.5. The lowest BCUT2D eigenvalue weighted by Gasteiger charge is -2.35. The van der Waals surface area contributed by atoms with E-state index < -0.39 is 15.7 Å². The Bertz CT molecular complexity index is 577. The van der Waals surface area contributed by atoms with E-state index in [1.807, 2.05) is 11.8 Å². The summed E-state index contributed by atoms with van der Waals surface area (Å²) >= 11 is 3.11. The van der Waals surface area contributed by atoms with Crippen molar-refractivity contribution in [2.45, 2.75) is 13.0 Å². The van der Waals surface area contributed by atoms with Gasteiger partial charge in [0, 0.05) is 18.7 Å². The first-order chi connectivity index (χ1) is 8.30. The fraction of sp³-hybridized carbons (Fsp3) is 0.455. The van der Waals surface area contributed by atoms with Crippen LogP contribution in [0.2, 0.25) is 0 Å². The van der Waals surface area contributed by atoms with Crippen LogP contribution in [0.3, 0.4) is 0 Å². The van der Waals surface area contributed by atoms with Crippen LogP contribution in [-0.4, -0.2) is 32.5 Å². The Morgan fingerprint density at radius 3 is 2.78 bits per heavy atom. The molecule has 0 aliphatic carbocycles. The van der Waals surface area contributed by atoms with Gasteiger partial charge >= 0.3 is 0 Å². The van der Waals surface area contributed by atoms with Gasteiger partial charge < -0.3 is 10.6 Å². The standard InChI is InChI=1S/C11H14BrFN2O2S/c1-7-6-18(16,17)3-2-15(7)11-4-8(12)9(13)5-10(11)14/h4-5,7H,2-3,6,14H2,1H3. The Hall–Kier alpha value is -0.820. The van der Waals surface area contributed by atoms with Gasteiger partial charge in [0.25, 0.3) is 0 Å². The smallest absolute Gasteiger partial charge is 0.154 e. The van der Waals surface area contributed by atoms with Crippen LogP contribution in [0.15, 0.2) is 16.6 Å². The maximum absolute atomic E-state index is 13.3. The van der Waals surface area contributed by atoms with Gasteiger partial charge in [0.2, 0.25) is 0 Å². The summed E-state index contributed by atoms with van der Waals surface area (Å²) in [7, 11) is -2.97. The molecule has 4 nitrogen and oxygen atoms in total. The quantitative estimate of drug-likeness (QED) is 0.794. The first-order valence-electron chi connectivity index (χ1n) is 5.52. The molecule has 1 aromatic carbocycles. The number of benzene rings is 1. The van der Waals surface area contributed by atoms with Crippen molar-refractivity contribution in [1.82, 2.24) is 0 Å². The number of hydrogen-bond acceptors (Lipinski definition) is 4. The van der Waals surface area contributed by atoms with Crippen molar-refractivity contribution in [2.24, 2.45) is 0 Å². The number of hydrogen-bond donors (Lipinski definition) is 1. The molecule has 1 heterocycles. The van der Waals surface area contributed by atoms with Crippen molar-refractivity contribution in [1.29, 1.82) is 0 Å². The molecule has 7 heteroatoms. The first kappa shape index (κ1) is 13.6. The zero-order valence-corrected chi connectivity index (χ0v) is 12.3. The van der Waals surface area contributed by atoms with Gasteiger partial charge in [0.05, 0.1) is 27.4 Å². The minimum Gasteiger partial charge on any atom is -0.397 e. The van der Waals surface area contributed by atoms with Crippen LogP contribution in [0.25, 0.3) is 0 Å². The Labute approximate surface area is 114 Å². The van der Waals surface area contributed by atoms with Gasteiger partial charge in [0.1, 0.15) is 5.82 Å². The van der Waals surface area contributed by atoms with Crippen LogP contribution in [0.4, 0.5) is 15.8 Å². The van der Waals surface area contributed by atoms with Gasteiger partial charge in [0.15, 0.2) is 9.84 Å². The van der Waals surface area contributed by atoms with E-state index in [4.69, 9.17) is 5.73 Å². The Morgan fingerprint density at radius 1 is 1.50 bits per heavy atom. The molecule has 2 N–H and O–H groups in total. The van der Waals surface area contributed by atoms with E-state index in [1.54, 1.807) is 6.07 Å². The van der Waals surface area contributed by atoms with Gasteiger partial charge in [-0.3, -0.25) is 0 Å². The predicted octanol–water partition coefficient (Wildman–Crippen LogP) is 1.79. The highest BCUT2D eigenvalue weighted by molar-refractivity contribution is 9.10. The number of anilines is 2. The van der Waals surface area contributed by atoms with Crippen molar-refractivity contribution in [2.75, 3.05) is 28.7 Å². The molecule has 0 bridgehead atoms. The van der Waals surface area contributed by atoms with E-state index in [-0.39, 0.29) is 17.5 Å². The number of halogens is 2. The van der Waals surface area contributed by atoms with Crippen LogP contribution >= 0.6 is 15.9 Å². The van der Waals surface area contributed by atoms with Gasteiger partial charge in [-0.1, -0.05) is 0 Å². The van der Waals surface area contributed by atoms with E-state index in [0.717, 1.165) is 0 Å². The topological polar surface area (TPSA) is 63.4 Å². The fourth-order valence-corrected chi connectivity index (χ4v) is 4.04. The summed E-state index contributed by atoms with van der Waals surface area (Å²) in [5.41, 5.74) is 6.79. The second kappa shape index (κ2) is 4.70. The maximum atomic E-state index is 13.3. The van der Waals surface area contributed by atoms with Crippen molar-refractivity contribution >= 4 is 37.1 Å². The minimum absolute atomic E-state index is 0.0986. The summed E-state index contributed by atoms with van der Waals surface area (Å²) in [6, 6.07) is 2.68. The molecule has 0 spiro atoms. The molecule has 1 aliphatic heterocycles. The Morgan fingerprint density at radius 2 is 2.17 bits per heavy atom. The van der Waals surface area contributed by atoms with Crippen LogP contribution in [0, 0.1) is 5.82 Å². The van der Waals surface area contributed by atoms with Crippen LogP contribution < -0.4 is 10.6 Å². The van der Waals surface area contributed by atoms with E-state index in [1.165, 1.54) is 6.07 Å². The summed E-state index contributed by atoms with van der Waals surface area (Å²) in [6.45, 7) is 2.21. The second-order valence-electron chi connectivity index (χ2n) is 4.48. The predicted molar refractivity (Wildman–Crippen MR) is 74.0 cm³/mol. The first-order valence-corrected chi connectivity index (χ1v) is 8.13. The third-order valence-electron chi connectivity index (χ3n) is 3.05. The van der Waals surface area contributed by atoms with Crippen molar-refractivity contribution in [3.8, 4) is 0 Å². The van der Waals surface area contributed by atoms with E-state index in [9.17, 15) is 12.8 Å². The SMILES string of the molecule is CC1CS(=O)(=O)CCN1c1cc(Br)c(F)cc1N. The van der Waals surface area contributed by atoms with Gasteiger partial charge in [-0.25, -0.2) is 12.8 Å². The molecule has 100 valence electrons. The molecular formula is C11H14BrFN2O2S. The third-order valence-corrected chi connectivity index (χ3v) is 5.45. The van der Waals surface area contributed by atoms with Gasteiger partial charge in [-0.2, -0.15) is 0 Å². The maximum Gasteiger partial charge on any atom is 0.154 e. The molecule has 2 rings (SSSR count). The Balaban J connectivity index is 2.36. The molecule has 0 radical (unpaired) electrons. The van der Waals surface area contributed by atoms with Crippen LogP contribution in [-0.2, 0) is 9.84 Å². The van der Waals surface area contributed by atoms with Crippen LogP contribution in [0.5, 0.6) is 0 Å². The monoisotopic (exact) mass is 336 g/mol. The molecule has 1 unspecified atom stereocenters. The molecule has 0 aromatic heterocycles. The van der Waals surface area contributed by atoms with E-state index in [2.05, 4.69) is 15.9 Å². The molecule has 1 atom stereocenters. The molecule has 1 saturated heterocycles. The van der Waals surface area contributed by atoms with Crippen molar-refractivity contribution < 1.29 is 12.8 Å². The summed E-state index contributed by atoms with van der Waals surface area (Å²) in [4.78, 5) is 1.90. The summed E-state index contributed by atoms with van der Waals surface area (Å²) in [5.74, 6) is -0.221. The number of rotatable bonds is 1. The molecule has 18 heavy (non-hydrogen) atoms. The van der Waals surface area contributed by atoms with Crippen molar-refractivity contribution in [3.63, 3.8) is 0 Å². The summed E-state index contributed by atoms with van der Waals surface area (Å²) < 4.78 is 36.7. The number of nitrogens with zero attached hydrogens (tertiary/aromatic N) is 1. The zero-order valence-electron chi connectivity index (χ0n) is 9.86. The van der Waals surface area contributed by atoms with Gasteiger partial charge in [-0.05, 0) is 28.9 Å². The highest BCUT2D eigenvalue weighted by atomic mass is 79.9. The number of sulfone groups is 1. The lowest BCUT2D eigenvalue weighted by Crippen LogP contribution is -2.47. The summed E-state index contributed by atoms with van der Waals surface area (Å²) in [6.07, 6.45) is 0. The normalized spacial score (nSPS) is 23.1. The largest absolute Gasteiger partial charge is 0.397 e. The molecule has 1 fully saturated rings. The molecule has 0 saturated carbocycles. The summed E-state index contributed by atoms with van der Waals surface area (Å²) in [5, 5.41) is 0. The second-order valence-corrected chi connectivity index (χ2v) is 7.56. The third kappa shape index (κ3) is 2.61. The molecule has 1 aromatic rings. The highest BCUT2D eigenvalue weighted by Gasteiger charge is 2.29. The van der Waals surface area contributed by atoms with E-state index >= 15 is 0 Å². The molecule has 1 aliphatic rings. The highest BCUT2D eigenvalue weighted by Crippen LogP contribution is 2.32. The fourth-order valence-electron chi connectivity index (χ4n) is 2.16. The minimum atomic E-state index is -2.97. The number of nitrogens with two attached hydrogens (primary N) is 1. The lowest BCUT2D eigenvalue weighted by atomic mass is 10.2. The number of nitrogen functional groups attached to an aromatic ring is 1. The molecular weight excluding hydrogens is 323 g/mol. The van der Waals surface area contributed by atoms with Gasteiger partial charge in [-0.15, -0.1) is 0 Å². The van der Waals surface area contributed by atoms with E-state index in [0.29, 0.717) is 22.4 Å². The average Bonchev–Trinajstić information content (AvgIpc) is 2.23. The molecule has 0 amide bonds. The lowest BCUT2D eigenvalue weighted by molar-refractivity contribution is 0.568. The van der Waals surface area contributed by atoms with Crippen molar-refractivity contribution in [3.05, 3.63) is 22.4 Å². The van der Waals surface area contributed by atoms with Crippen LogP contribution in [0.1, 0.15) is 6.92 Å². The Kier molecular flexibility index (Phi) is 3.55. The average molecular weight is 337 g/mol.